The van der Waals surface area contributed by atoms with Gasteiger partial charge in [-0.25, -0.2) is 0 Å². The molecule has 13 nitrogen and oxygen atoms in total. The number of esters is 1. The van der Waals surface area contributed by atoms with Crippen LogP contribution in [0.1, 0.15) is 110 Å². The number of nitro groups is 2. The number of nitrogens with zero attached hydrogens (tertiary/aromatic N) is 6. The third-order valence-corrected chi connectivity index (χ3v) is 7.95. The number of carbonyl (C=O) groups is 1. The Morgan fingerprint density at radius 1 is 0.653 bits per heavy atom. The van der Waals surface area contributed by atoms with E-state index in [1.807, 2.05) is 0 Å². The largest absolute Gasteiger partial charge is 0.505 e. The normalized spacial score (nSPS) is 11.4. The maximum atomic E-state index is 12.6. The second kappa shape index (κ2) is 21.7. The molecule has 262 valence electrons. The van der Waals surface area contributed by atoms with E-state index in [2.05, 4.69) is 27.4 Å². The monoisotopic (exact) mass is 674 g/mol. The molecule has 49 heavy (non-hydrogen) atoms. The van der Waals surface area contributed by atoms with Crippen molar-refractivity contribution in [1.82, 2.24) is 0 Å². The molecule has 0 fully saturated rings. The molecule has 1 N–H and O–H groups in total. The summed E-state index contributed by atoms with van der Waals surface area (Å²) in [5, 5.41) is 49.1. The van der Waals surface area contributed by atoms with Crippen molar-refractivity contribution in [2.24, 2.45) is 20.5 Å². The molecular formula is C36H46N6O7. The van der Waals surface area contributed by atoms with Crippen LogP contribution in [0.25, 0.3) is 0 Å². The summed E-state index contributed by atoms with van der Waals surface area (Å²) in [5.41, 5.74) is -0.849. The predicted molar refractivity (Wildman–Crippen MR) is 188 cm³/mol. The van der Waals surface area contributed by atoms with Crippen molar-refractivity contribution < 1.29 is 24.5 Å². The number of non-ortho nitro benzene ring substituents is 1. The third kappa shape index (κ3) is 13.9. The van der Waals surface area contributed by atoms with Crippen molar-refractivity contribution in [3.05, 3.63) is 80.9 Å². The van der Waals surface area contributed by atoms with E-state index in [4.69, 9.17) is 4.74 Å². The molecule has 3 rings (SSSR count). The summed E-state index contributed by atoms with van der Waals surface area (Å²) in [7, 11) is 0. The van der Waals surface area contributed by atoms with Crippen molar-refractivity contribution >= 4 is 40.1 Å². The summed E-state index contributed by atoms with van der Waals surface area (Å²) >= 11 is 0. The zero-order valence-corrected chi connectivity index (χ0v) is 28.2. The number of para-hydroxylation sites is 1. The summed E-state index contributed by atoms with van der Waals surface area (Å²) in [6.45, 7) is 2.24. The van der Waals surface area contributed by atoms with Crippen molar-refractivity contribution in [3.8, 4) is 11.5 Å². The molecule has 3 aromatic rings. The number of azo groups is 2. The molecule has 0 amide bonds. The number of phenolic OH excluding ortho intramolecular Hbond substituents is 1. The minimum absolute atomic E-state index is 0.0219. The van der Waals surface area contributed by atoms with Gasteiger partial charge in [0.25, 0.3) is 5.69 Å². The Balaban J connectivity index is 1.49. The Morgan fingerprint density at radius 2 is 1.16 bits per heavy atom. The van der Waals surface area contributed by atoms with Gasteiger partial charge in [0.1, 0.15) is 5.75 Å². The molecule has 0 spiro atoms. The number of ether oxygens (including phenoxy) is 1. The van der Waals surface area contributed by atoms with Crippen LogP contribution in [0, 0.1) is 20.2 Å². The average molecular weight is 675 g/mol. The van der Waals surface area contributed by atoms with Crippen LogP contribution in [0.3, 0.4) is 0 Å². The zero-order valence-electron chi connectivity index (χ0n) is 28.2. The lowest BCUT2D eigenvalue weighted by Crippen LogP contribution is -2.07. The minimum atomic E-state index is -0.693. The first kappa shape index (κ1) is 38.4. The summed E-state index contributed by atoms with van der Waals surface area (Å²) in [6.07, 6.45) is 18.5. The Labute approximate surface area is 286 Å². The topological polar surface area (TPSA) is 182 Å². The summed E-state index contributed by atoms with van der Waals surface area (Å²) < 4.78 is 5.48. The van der Waals surface area contributed by atoms with Crippen molar-refractivity contribution in [2.45, 2.75) is 110 Å². The maximum Gasteiger partial charge on any atom is 0.323 e. The molecule has 0 saturated heterocycles. The molecule has 3 aromatic carbocycles. The fraction of sp³-hybridized carbons (Fsp3) is 0.472. The number of rotatable bonds is 23. The number of nitro benzene ring substituents is 2. The molecule has 0 radical (unpaired) electrons. The number of aromatic hydroxyl groups is 1. The molecule has 0 bridgehead atoms. The molecule has 0 unspecified atom stereocenters. The highest BCUT2D eigenvalue weighted by molar-refractivity contribution is 5.76. The second-order valence-electron chi connectivity index (χ2n) is 11.9. The number of hydrogen-bond acceptors (Lipinski definition) is 11. The van der Waals surface area contributed by atoms with Crippen LogP contribution in [0.15, 0.2) is 81.1 Å². The number of phenols is 1. The third-order valence-electron chi connectivity index (χ3n) is 7.95. The SMILES string of the molecule is CCCCCCCCCCCCCCCCCC(=O)Oc1cccc(O)c1N=Nc1cccc(N=Nc2ccc([N+](=O)[O-])cc2)c1[N+](=O)[O-]. The Kier molecular flexibility index (Phi) is 17.0. The van der Waals surface area contributed by atoms with Gasteiger partial charge in [0, 0.05) is 18.6 Å². The lowest BCUT2D eigenvalue weighted by atomic mass is 10.0. The first-order valence-electron chi connectivity index (χ1n) is 17.2. The van der Waals surface area contributed by atoms with Gasteiger partial charge in [-0.2, -0.15) is 5.11 Å². The van der Waals surface area contributed by atoms with E-state index < -0.39 is 21.5 Å². The van der Waals surface area contributed by atoms with Gasteiger partial charge in [0.15, 0.2) is 22.8 Å². The molecule has 0 aromatic heterocycles. The highest BCUT2D eigenvalue weighted by Gasteiger charge is 2.21. The quantitative estimate of drug-likeness (QED) is 0.0259. The summed E-state index contributed by atoms with van der Waals surface area (Å²) in [6, 6.07) is 13.7. The average Bonchev–Trinajstić information content (AvgIpc) is 3.08. The minimum Gasteiger partial charge on any atom is -0.505 e. The van der Waals surface area contributed by atoms with Gasteiger partial charge in [0.2, 0.25) is 0 Å². The standard InChI is InChI=1S/C36H46N6O7/c1-2-3-4-5-6-7-8-9-10-11-12-13-14-15-16-23-34(44)49-33-22-18-21-32(43)35(33)40-39-31-20-17-19-30(36(31)42(47)48)38-37-28-24-26-29(27-25-28)41(45)46/h17-22,24-27,43H,2-16,23H2,1H3. The molecule has 0 saturated carbocycles. The molecule has 0 aliphatic carbocycles. The van der Waals surface area contributed by atoms with Crippen LogP contribution in [-0.2, 0) is 4.79 Å². The maximum absolute atomic E-state index is 12.6. The first-order valence-corrected chi connectivity index (χ1v) is 17.2. The first-order chi connectivity index (χ1) is 23.8. The Bertz CT molecular complexity index is 1560. The molecule has 0 aliphatic heterocycles. The van der Waals surface area contributed by atoms with Gasteiger partial charge in [-0.1, -0.05) is 109 Å². The summed E-state index contributed by atoms with van der Waals surface area (Å²) in [5.74, 6) is -0.819. The molecular weight excluding hydrogens is 628 g/mol. The van der Waals surface area contributed by atoms with E-state index in [1.165, 1.54) is 131 Å². The fourth-order valence-corrected chi connectivity index (χ4v) is 5.23. The fourth-order valence-electron chi connectivity index (χ4n) is 5.23. The van der Waals surface area contributed by atoms with Gasteiger partial charge in [-0.15, -0.1) is 15.3 Å². The highest BCUT2D eigenvalue weighted by Crippen LogP contribution is 2.41. The van der Waals surface area contributed by atoms with E-state index in [9.17, 15) is 30.1 Å². The van der Waals surface area contributed by atoms with Crippen molar-refractivity contribution in [1.29, 1.82) is 0 Å². The smallest absolute Gasteiger partial charge is 0.323 e. The Hall–Kier alpha value is -5.07. The molecule has 0 aliphatic rings. The number of benzene rings is 3. The lowest BCUT2D eigenvalue weighted by molar-refractivity contribution is -0.384. The van der Waals surface area contributed by atoms with E-state index in [-0.39, 0.29) is 46.4 Å². The lowest BCUT2D eigenvalue weighted by Gasteiger charge is -2.08. The number of hydrogen-bond donors (Lipinski definition) is 1. The molecule has 0 atom stereocenters. The van der Waals surface area contributed by atoms with E-state index >= 15 is 0 Å². The van der Waals surface area contributed by atoms with Crippen LogP contribution in [0.2, 0.25) is 0 Å². The van der Waals surface area contributed by atoms with Crippen molar-refractivity contribution in [2.75, 3.05) is 0 Å². The molecule has 0 heterocycles. The Morgan fingerprint density at radius 3 is 1.69 bits per heavy atom. The zero-order chi connectivity index (χ0) is 35.3. The number of carbonyl (C=O) groups excluding carboxylic acids is 1. The van der Waals surface area contributed by atoms with Crippen LogP contribution in [0.4, 0.5) is 34.1 Å². The number of unbranched alkanes of at least 4 members (excludes halogenated alkanes) is 14. The van der Waals surface area contributed by atoms with Crippen LogP contribution in [0.5, 0.6) is 11.5 Å². The molecule has 13 heteroatoms. The van der Waals surface area contributed by atoms with Crippen LogP contribution >= 0.6 is 0 Å². The van der Waals surface area contributed by atoms with E-state index in [1.54, 1.807) is 0 Å². The summed E-state index contributed by atoms with van der Waals surface area (Å²) in [4.78, 5) is 34.2. The van der Waals surface area contributed by atoms with Crippen molar-refractivity contribution in [3.63, 3.8) is 0 Å². The van der Waals surface area contributed by atoms with Gasteiger partial charge < -0.3 is 9.84 Å². The van der Waals surface area contributed by atoms with Gasteiger partial charge in [-0.05, 0) is 42.8 Å². The van der Waals surface area contributed by atoms with Gasteiger partial charge in [0.05, 0.1) is 15.5 Å². The van der Waals surface area contributed by atoms with Gasteiger partial charge in [-0.3, -0.25) is 25.0 Å². The predicted octanol–water partition coefficient (Wildman–Crippen LogP) is 12.2. The second-order valence-corrected chi connectivity index (χ2v) is 11.9. The van der Waals surface area contributed by atoms with Gasteiger partial charge >= 0.3 is 11.7 Å². The highest BCUT2D eigenvalue weighted by atomic mass is 16.6. The van der Waals surface area contributed by atoms with Crippen LogP contribution in [-0.4, -0.2) is 20.9 Å². The van der Waals surface area contributed by atoms with E-state index in [0.717, 1.165) is 19.3 Å². The van der Waals surface area contributed by atoms with E-state index in [0.29, 0.717) is 6.42 Å². The van der Waals surface area contributed by atoms with Crippen LogP contribution < -0.4 is 4.74 Å².